The molecule has 1 atom stereocenters. The van der Waals surface area contributed by atoms with E-state index in [0.29, 0.717) is 12.2 Å². The molecule has 2 heterocycles. The Morgan fingerprint density at radius 3 is 2.50 bits per heavy atom. The lowest BCUT2D eigenvalue weighted by Crippen LogP contribution is -3.09. The summed E-state index contributed by atoms with van der Waals surface area (Å²) < 4.78 is 0. The van der Waals surface area contributed by atoms with Crippen LogP contribution in [-0.2, 0) is 17.8 Å². The summed E-state index contributed by atoms with van der Waals surface area (Å²) >= 11 is 0. The van der Waals surface area contributed by atoms with Crippen LogP contribution in [0.3, 0.4) is 0 Å². The molecular formula is C23H28N3O2+. The van der Waals surface area contributed by atoms with Gasteiger partial charge in [0.2, 0.25) is 0 Å². The number of ketones is 1. The molecule has 1 unspecified atom stereocenters. The van der Waals surface area contributed by atoms with E-state index in [4.69, 9.17) is 0 Å². The van der Waals surface area contributed by atoms with Crippen molar-refractivity contribution >= 4 is 23.1 Å². The maximum atomic E-state index is 12.6. The van der Waals surface area contributed by atoms with Gasteiger partial charge < -0.3 is 9.80 Å². The van der Waals surface area contributed by atoms with E-state index in [1.807, 2.05) is 18.2 Å². The maximum Gasteiger partial charge on any atom is 0.303 e. The number of hydrogen-bond acceptors (Lipinski definition) is 3. The summed E-state index contributed by atoms with van der Waals surface area (Å²) in [7, 11) is 2.08. The molecule has 146 valence electrons. The van der Waals surface area contributed by atoms with Crippen molar-refractivity contribution in [2.75, 3.05) is 36.6 Å². The molecule has 1 fully saturated rings. The molecule has 2 aliphatic rings. The smallest absolute Gasteiger partial charge is 0.303 e. The summed E-state index contributed by atoms with van der Waals surface area (Å²) in [4.78, 5) is 30.3. The van der Waals surface area contributed by atoms with E-state index >= 15 is 0 Å². The minimum Gasteiger partial charge on any atom is -0.371 e. The fourth-order valence-corrected chi connectivity index (χ4v) is 4.30. The molecule has 2 aromatic carbocycles. The van der Waals surface area contributed by atoms with E-state index in [1.54, 1.807) is 4.90 Å². The zero-order valence-electron chi connectivity index (χ0n) is 16.7. The molecule has 5 heteroatoms. The zero-order chi connectivity index (χ0) is 19.7. The van der Waals surface area contributed by atoms with Crippen molar-refractivity contribution < 1.29 is 14.5 Å². The van der Waals surface area contributed by atoms with Gasteiger partial charge in [-0.15, -0.1) is 0 Å². The highest BCUT2D eigenvalue weighted by Crippen LogP contribution is 2.29. The molecule has 2 aromatic rings. The van der Waals surface area contributed by atoms with Gasteiger partial charge in [0.25, 0.3) is 5.78 Å². The zero-order valence-corrected chi connectivity index (χ0v) is 16.7. The number of nitrogens with zero attached hydrogens (tertiary/aromatic N) is 2. The number of nitrogens with one attached hydrogen (secondary N) is 1. The number of hydrogen-bond donors (Lipinski definition) is 1. The second-order valence-corrected chi connectivity index (χ2v) is 7.88. The van der Waals surface area contributed by atoms with Crippen LogP contribution in [0.25, 0.3) is 0 Å². The molecule has 0 aliphatic carbocycles. The third-order valence-corrected chi connectivity index (χ3v) is 5.80. The van der Waals surface area contributed by atoms with Crippen LogP contribution in [0, 0.1) is 0 Å². The van der Waals surface area contributed by atoms with E-state index < -0.39 is 5.91 Å². The number of aryl methyl sites for hydroxylation is 1. The number of carbonyl (C=O) groups excluding carboxylic acids is 2. The number of amides is 1. The molecule has 4 rings (SSSR count). The van der Waals surface area contributed by atoms with Crippen LogP contribution < -0.4 is 14.7 Å². The largest absolute Gasteiger partial charge is 0.371 e. The highest BCUT2D eigenvalue weighted by Gasteiger charge is 2.37. The number of quaternary nitrogens is 1. The van der Waals surface area contributed by atoms with E-state index in [2.05, 4.69) is 43.1 Å². The quantitative estimate of drug-likeness (QED) is 0.783. The Morgan fingerprint density at radius 1 is 1.00 bits per heavy atom. The Balaban J connectivity index is 1.52. The van der Waals surface area contributed by atoms with Crippen molar-refractivity contribution in [3.8, 4) is 0 Å². The normalized spacial score (nSPS) is 17.4. The average molecular weight is 378 g/mol. The molecule has 0 radical (unpaired) electrons. The van der Waals surface area contributed by atoms with E-state index in [-0.39, 0.29) is 5.78 Å². The second-order valence-electron chi connectivity index (χ2n) is 7.88. The summed E-state index contributed by atoms with van der Waals surface area (Å²) in [6.07, 6.45) is 3.35. The van der Waals surface area contributed by atoms with Gasteiger partial charge >= 0.3 is 5.91 Å². The van der Waals surface area contributed by atoms with Crippen LogP contribution >= 0.6 is 0 Å². The second kappa shape index (κ2) is 7.76. The standard InChI is InChI=1S/C23H27N3O2/c1-3-17-10-11-21-19(14-17)22(27)23(28)26(21)16-24(2)15-18-8-4-5-9-20(18)25-12-6-7-13-25/h4-5,8-11,14H,3,6-7,12-13,15-16H2,1-2H3/p+1. The summed E-state index contributed by atoms with van der Waals surface area (Å²) in [5, 5.41) is 0. The third kappa shape index (κ3) is 3.42. The SMILES string of the molecule is CCc1ccc2c(c1)C(=O)C(=O)N2C[NH+](C)Cc1ccccc1N1CCCC1. The van der Waals surface area contributed by atoms with E-state index in [1.165, 1.54) is 29.0 Å². The molecule has 1 saturated heterocycles. The maximum absolute atomic E-state index is 12.6. The van der Waals surface area contributed by atoms with Gasteiger partial charge in [-0.05, 0) is 43.0 Å². The lowest BCUT2D eigenvalue weighted by atomic mass is 10.1. The molecule has 0 saturated carbocycles. The first kappa shape index (κ1) is 18.7. The Bertz CT molecular complexity index is 902. The van der Waals surface area contributed by atoms with Gasteiger partial charge in [-0.2, -0.15) is 0 Å². The van der Waals surface area contributed by atoms with Gasteiger partial charge in [0.15, 0.2) is 6.67 Å². The summed E-state index contributed by atoms with van der Waals surface area (Å²) in [5.41, 5.74) is 4.98. The van der Waals surface area contributed by atoms with Crippen LogP contribution in [0.1, 0.15) is 41.3 Å². The Morgan fingerprint density at radius 2 is 1.75 bits per heavy atom. The molecular weight excluding hydrogens is 350 g/mol. The molecule has 1 N–H and O–H groups in total. The molecule has 1 amide bonds. The fourth-order valence-electron chi connectivity index (χ4n) is 4.30. The molecule has 28 heavy (non-hydrogen) atoms. The van der Waals surface area contributed by atoms with Gasteiger partial charge in [0.05, 0.1) is 18.3 Å². The Kier molecular flexibility index (Phi) is 5.18. The first-order valence-corrected chi connectivity index (χ1v) is 10.2. The lowest BCUT2D eigenvalue weighted by Gasteiger charge is -2.25. The number of fused-ring (bicyclic) bond motifs is 1. The highest BCUT2D eigenvalue weighted by atomic mass is 16.2. The fraction of sp³-hybridized carbons (Fsp3) is 0.391. The van der Waals surface area contributed by atoms with Crippen molar-refractivity contribution in [2.45, 2.75) is 32.7 Å². The van der Waals surface area contributed by atoms with Crippen LogP contribution in [0.5, 0.6) is 0 Å². The van der Waals surface area contributed by atoms with Crippen LogP contribution in [0.15, 0.2) is 42.5 Å². The Labute approximate surface area is 166 Å². The van der Waals surface area contributed by atoms with Gasteiger partial charge in [0, 0.05) is 24.3 Å². The molecule has 0 spiro atoms. The number of para-hydroxylation sites is 1. The Hall–Kier alpha value is -2.66. The number of anilines is 2. The first-order chi connectivity index (χ1) is 13.6. The summed E-state index contributed by atoms with van der Waals surface area (Å²) in [5.74, 6) is -0.786. The van der Waals surface area contributed by atoms with Crippen molar-refractivity contribution in [3.05, 3.63) is 59.2 Å². The molecule has 0 bridgehead atoms. The van der Waals surface area contributed by atoms with E-state index in [0.717, 1.165) is 37.3 Å². The van der Waals surface area contributed by atoms with E-state index in [9.17, 15) is 9.59 Å². The minimum atomic E-state index is -0.407. The van der Waals surface area contributed by atoms with Crippen LogP contribution in [-0.4, -0.2) is 38.5 Å². The average Bonchev–Trinajstić information content (AvgIpc) is 3.32. The number of benzene rings is 2. The molecule has 5 nitrogen and oxygen atoms in total. The predicted molar refractivity (Wildman–Crippen MR) is 111 cm³/mol. The molecule has 2 aliphatic heterocycles. The third-order valence-electron chi connectivity index (χ3n) is 5.80. The predicted octanol–water partition coefficient (Wildman–Crippen LogP) is 2.05. The van der Waals surface area contributed by atoms with Crippen molar-refractivity contribution in [2.24, 2.45) is 0 Å². The van der Waals surface area contributed by atoms with Crippen LogP contribution in [0.4, 0.5) is 11.4 Å². The number of carbonyl (C=O) groups is 2. The highest BCUT2D eigenvalue weighted by molar-refractivity contribution is 6.52. The number of rotatable bonds is 6. The van der Waals surface area contributed by atoms with Crippen molar-refractivity contribution in [3.63, 3.8) is 0 Å². The van der Waals surface area contributed by atoms with Crippen molar-refractivity contribution in [1.29, 1.82) is 0 Å². The topological polar surface area (TPSA) is 45.1 Å². The van der Waals surface area contributed by atoms with Crippen LogP contribution in [0.2, 0.25) is 0 Å². The summed E-state index contributed by atoms with van der Waals surface area (Å²) in [6.45, 7) is 5.57. The monoisotopic (exact) mass is 378 g/mol. The van der Waals surface area contributed by atoms with Gasteiger partial charge in [-0.1, -0.05) is 31.2 Å². The number of Topliss-reactive ketones (excluding diaryl/α,β-unsaturated/α-hetero) is 1. The molecule has 0 aromatic heterocycles. The first-order valence-electron chi connectivity index (χ1n) is 10.2. The summed E-state index contributed by atoms with van der Waals surface area (Å²) in [6, 6.07) is 14.3. The lowest BCUT2D eigenvalue weighted by molar-refractivity contribution is -0.892. The van der Waals surface area contributed by atoms with Gasteiger partial charge in [-0.25, -0.2) is 0 Å². The minimum absolute atomic E-state index is 0.379. The van der Waals surface area contributed by atoms with Gasteiger partial charge in [0.1, 0.15) is 6.54 Å². The van der Waals surface area contributed by atoms with Gasteiger partial charge in [-0.3, -0.25) is 14.5 Å². The van der Waals surface area contributed by atoms with Crippen molar-refractivity contribution in [1.82, 2.24) is 0 Å².